The second kappa shape index (κ2) is 12.9. The van der Waals surface area contributed by atoms with Crippen molar-refractivity contribution in [3.05, 3.63) is 47.2 Å². The molecule has 0 spiro atoms. The van der Waals surface area contributed by atoms with Crippen LogP contribution < -0.4 is 0 Å². The van der Waals surface area contributed by atoms with Gasteiger partial charge in [-0.1, -0.05) is 65.8 Å². The summed E-state index contributed by atoms with van der Waals surface area (Å²) in [5.74, 6) is -0.0376. The second-order valence-electron chi connectivity index (χ2n) is 3.14. The zero-order valence-corrected chi connectivity index (χ0v) is 13.2. The number of ketones is 1. The standard InChI is InChI=1S/C11H10O2.3C2H6/c12-7-9-6-5-8-3-1-2-4-10(8)11(9)13;3*1-2/h1-4,7,12H,5-6H2;3*1-2H3/b9-7-;;;. The van der Waals surface area contributed by atoms with Crippen LogP contribution in [0, 0.1) is 0 Å². The van der Waals surface area contributed by atoms with Crippen LogP contribution >= 0.6 is 0 Å². The predicted molar refractivity (Wildman–Crippen MR) is 83.8 cm³/mol. The fraction of sp³-hybridized carbons (Fsp3) is 0.471. The largest absolute Gasteiger partial charge is 0.515 e. The molecule has 1 aromatic carbocycles. The van der Waals surface area contributed by atoms with Gasteiger partial charge >= 0.3 is 0 Å². The number of hydrogen-bond donors (Lipinski definition) is 1. The van der Waals surface area contributed by atoms with Gasteiger partial charge in [-0.25, -0.2) is 0 Å². The van der Waals surface area contributed by atoms with Gasteiger partial charge in [0.25, 0.3) is 0 Å². The lowest BCUT2D eigenvalue weighted by Gasteiger charge is -2.15. The van der Waals surface area contributed by atoms with Gasteiger partial charge in [-0.15, -0.1) is 0 Å². The average Bonchev–Trinajstić information content (AvgIpc) is 2.54. The normalized spacial score (nSPS) is 13.8. The van der Waals surface area contributed by atoms with Crippen LogP contribution in [-0.2, 0) is 6.42 Å². The van der Waals surface area contributed by atoms with Gasteiger partial charge in [0.05, 0.1) is 6.26 Å². The summed E-state index contributed by atoms with van der Waals surface area (Å²) in [6.07, 6.45) is 2.42. The van der Waals surface area contributed by atoms with Crippen LogP contribution in [0.3, 0.4) is 0 Å². The summed E-state index contributed by atoms with van der Waals surface area (Å²) >= 11 is 0. The number of aryl methyl sites for hydroxylation is 1. The quantitative estimate of drug-likeness (QED) is 0.507. The third-order valence-corrected chi connectivity index (χ3v) is 2.37. The van der Waals surface area contributed by atoms with Crippen molar-refractivity contribution in [2.75, 3.05) is 0 Å². The number of carbonyl (C=O) groups excluding carboxylic acids is 1. The first kappa shape index (κ1) is 19.8. The average molecular weight is 264 g/mol. The maximum absolute atomic E-state index is 11.6. The molecule has 0 fully saturated rings. The summed E-state index contributed by atoms with van der Waals surface area (Å²) < 4.78 is 0. The van der Waals surface area contributed by atoms with E-state index < -0.39 is 0 Å². The number of aliphatic hydroxyl groups excluding tert-OH is 1. The summed E-state index contributed by atoms with van der Waals surface area (Å²) in [4.78, 5) is 11.6. The molecule has 0 atom stereocenters. The SMILES string of the molecule is CC.CC.CC.O=C1/C(=C\O)CCc2ccccc21. The number of benzene rings is 1. The number of hydrogen-bond acceptors (Lipinski definition) is 2. The maximum atomic E-state index is 11.6. The molecule has 0 unspecified atom stereocenters. The molecule has 19 heavy (non-hydrogen) atoms. The topological polar surface area (TPSA) is 37.3 Å². The van der Waals surface area contributed by atoms with Gasteiger partial charge < -0.3 is 5.11 Å². The fourth-order valence-electron chi connectivity index (χ4n) is 1.64. The number of rotatable bonds is 0. The first-order valence-electron chi connectivity index (χ1n) is 7.29. The summed E-state index contributed by atoms with van der Waals surface area (Å²) in [6, 6.07) is 7.54. The Bertz CT molecular complexity index is 379. The summed E-state index contributed by atoms with van der Waals surface area (Å²) in [5.41, 5.74) is 2.32. The van der Waals surface area contributed by atoms with Gasteiger partial charge in [-0.2, -0.15) is 0 Å². The Balaban J connectivity index is 0. The van der Waals surface area contributed by atoms with Crippen molar-refractivity contribution in [1.29, 1.82) is 0 Å². The lowest BCUT2D eigenvalue weighted by atomic mass is 9.88. The monoisotopic (exact) mass is 264 g/mol. The highest BCUT2D eigenvalue weighted by Crippen LogP contribution is 2.24. The van der Waals surface area contributed by atoms with Crippen molar-refractivity contribution in [1.82, 2.24) is 0 Å². The van der Waals surface area contributed by atoms with Crippen LogP contribution in [0.1, 0.15) is 63.9 Å². The van der Waals surface area contributed by atoms with E-state index in [1.807, 2.05) is 59.7 Å². The Kier molecular flexibility index (Phi) is 13.4. The van der Waals surface area contributed by atoms with Crippen molar-refractivity contribution in [2.24, 2.45) is 0 Å². The van der Waals surface area contributed by atoms with E-state index in [0.717, 1.165) is 23.8 Å². The molecule has 1 aliphatic rings. The minimum absolute atomic E-state index is 0.0376. The summed E-state index contributed by atoms with van der Waals surface area (Å²) in [7, 11) is 0. The lowest BCUT2D eigenvalue weighted by molar-refractivity contribution is 0.102. The number of allylic oxidation sites excluding steroid dienone is 1. The Morgan fingerprint density at radius 3 is 2.00 bits per heavy atom. The van der Waals surface area contributed by atoms with Crippen molar-refractivity contribution in [3.8, 4) is 0 Å². The van der Waals surface area contributed by atoms with Gasteiger partial charge in [-0.3, -0.25) is 4.79 Å². The Morgan fingerprint density at radius 2 is 1.47 bits per heavy atom. The molecule has 2 rings (SSSR count). The molecule has 0 amide bonds. The molecule has 108 valence electrons. The smallest absolute Gasteiger partial charge is 0.192 e. The molecule has 2 heteroatoms. The Hall–Kier alpha value is -1.57. The van der Waals surface area contributed by atoms with Crippen LogP contribution in [0.5, 0.6) is 0 Å². The minimum atomic E-state index is -0.0376. The predicted octanol–water partition coefficient (Wildman–Crippen LogP) is 5.34. The Morgan fingerprint density at radius 1 is 0.947 bits per heavy atom. The molecular formula is C17H28O2. The molecule has 1 aromatic rings. The van der Waals surface area contributed by atoms with Gasteiger partial charge in [0.2, 0.25) is 0 Å². The molecule has 0 bridgehead atoms. The molecule has 0 radical (unpaired) electrons. The molecule has 0 aromatic heterocycles. The summed E-state index contributed by atoms with van der Waals surface area (Å²) in [5, 5.41) is 8.80. The van der Waals surface area contributed by atoms with Crippen molar-refractivity contribution in [3.63, 3.8) is 0 Å². The van der Waals surface area contributed by atoms with E-state index in [9.17, 15) is 4.79 Å². The van der Waals surface area contributed by atoms with Crippen LogP contribution in [0.25, 0.3) is 0 Å². The first-order chi connectivity index (χ1) is 9.33. The number of aliphatic hydroxyl groups is 1. The second-order valence-corrected chi connectivity index (χ2v) is 3.14. The van der Waals surface area contributed by atoms with E-state index in [1.54, 1.807) is 6.07 Å². The van der Waals surface area contributed by atoms with Crippen LogP contribution in [0.2, 0.25) is 0 Å². The highest BCUT2D eigenvalue weighted by Gasteiger charge is 2.20. The molecule has 0 heterocycles. The van der Waals surface area contributed by atoms with Crippen LogP contribution in [0.15, 0.2) is 36.1 Å². The van der Waals surface area contributed by atoms with E-state index in [-0.39, 0.29) is 5.78 Å². The van der Waals surface area contributed by atoms with Crippen LogP contribution in [-0.4, -0.2) is 10.9 Å². The molecule has 1 aliphatic carbocycles. The van der Waals surface area contributed by atoms with Gasteiger partial charge in [0.1, 0.15) is 0 Å². The zero-order chi connectivity index (χ0) is 15.3. The van der Waals surface area contributed by atoms with Gasteiger partial charge in [-0.05, 0) is 18.4 Å². The molecule has 1 N–H and O–H groups in total. The van der Waals surface area contributed by atoms with E-state index >= 15 is 0 Å². The molecule has 0 saturated heterocycles. The minimum Gasteiger partial charge on any atom is -0.515 e. The zero-order valence-electron chi connectivity index (χ0n) is 13.2. The summed E-state index contributed by atoms with van der Waals surface area (Å²) in [6.45, 7) is 12.0. The highest BCUT2D eigenvalue weighted by molar-refractivity contribution is 6.10. The molecule has 2 nitrogen and oxygen atoms in total. The third-order valence-electron chi connectivity index (χ3n) is 2.37. The molecule has 0 saturated carbocycles. The molecular weight excluding hydrogens is 236 g/mol. The van der Waals surface area contributed by atoms with Crippen molar-refractivity contribution < 1.29 is 9.90 Å². The van der Waals surface area contributed by atoms with E-state index in [4.69, 9.17) is 5.11 Å². The molecule has 0 aliphatic heterocycles. The fourth-order valence-corrected chi connectivity index (χ4v) is 1.64. The van der Waals surface area contributed by atoms with E-state index in [2.05, 4.69) is 0 Å². The number of fused-ring (bicyclic) bond motifs is 1. The first-order valence-corrected chi connectivity index (χ1v) is 7.29. The number of Topliss-reactive ketones (excluding diaryl/α,β-unsaturated/α-hetero) is 1. The lowest BCUT2D eigenvalue weighted by Crippen LogP contribution is -2.13. The third kappa shape index (κ3) is 5.73. The maximum Gasteiger partial charge on any atom is 0.192 e. The Labute approximate surface area is 118 Å². The van der Waals surface area contributed by atoms with Crippen molar-refractivity contribution in [2.45, 2.75) is 54.4 Å². The van der Waals surface area contributed by atoms with Crippen molar-refractivity contribution >= 4 is 5.78 Å². The van der Waals surface area contributed by atoms with Gasteiger partial charge in [0.15, 0.2) is 5.78 Å². The van der Waals surface area contributed by atoms with Crippen LogP contribution in [0.4, 0.5) is 0 Å². The van der Waals surface area contributed by atoms with E-state index in [0.29, 0.717) is 12.0 Å². The highest BCUT2D eigenvalue weighted by atomic mass is 16.2. The number of carbonyl (C=O) groups is 1. The van der Waals surface area contributed by atoms with E-state index in [1.165, 1.54) is 0 Å². The van der Waals surface area contributed by atoms with Gasteiger partial charge in [0, 0.05) is 11.1 Å².